The van der Waals surface area contributed by atoms with Crippen molar-refractivity contribution < 1.29 is 5.11 Å². The van der Waals surface area contributed by atoms with Crippen LogP contribution in [0.3, 0.4) is 0 Å². The molecule has 0 saturated heterocycles. The number of halogens is 1. The maximum absolute atomic E-state index is 8.57. The Kier molecular flexibility index (Phi) is 3.20. The summed E-state index contributed by atoms with van der Waals surface area (Å²) >= 11 is 5.78. The van der Waals surface area contributed by atoms with Crippen LogP contribution < -0.4 is 4.42 Å². The number of rotatable bonds is 3. The lowest BCUT2D eigenvalue weighted by molar-refractivity contribution is 0.307. The highest BCUT2D eigenvalue weighted by Gasteiger charge is 1.98. The molecule has 0 unspecified atom stereocenters. The molecule has 0 spiro atoms. The van der Waals surface area contributed by atoms with Gasteiger partial charge in [-0.25, -0.2) is 0 Å². The highest BCUT2D eigenvalue weighted by molar-refractivity contribution is 6.25. The number of benzene rings is 1. The Morgan fingerprint density at radius 2 is 1.91 bits per heavy atom. The molecule has 0 saturated carbocycles. The summed E-state index contributed by atoms with van der Waals surface area (Å²) in [4.78, 5) is 0. The van der Waals surface area contributed by atoms with Crippen LogP contribution in [0.1, 0.15) is 0 Å². The zero-order valence-corrected chi connectivity index (χ0v) is 6.83. The quantitative estimate of drug-likeness (QED) is 0.699. The average Bonchev–Trinajstić information content (AvgIpc) is 2.07. The molecule has 1 aromatic rings. The summed E-state index contributed by atoms with van der Waals surface area (Å²) in [6, 6.07) is 9.52. The predicted octanol–water partition coefficient (Wildman–Crippen LogP) is 1.64. The molecule has 0 radical (unpaired) electrons. The first-order valence-corrected chi connectivity index (χ1v) is 3.77. The van der Waals surface area contributed by atoms with Gasteiger partial charge in [-0.15, -0.1) is 0 Å². The lowest BCUT2D eigenvalue weighted by Crippen LogP contribution is -2.14. The van der Waals surface area contributed by atoms with Crippen LogP contribution in [-0.2, 0) is 0 Å². The van der Waals surface area contributed by atoms with Crippen LogP contribution >= 0.6 is 11.8 Å². The lowest BCUT2D eigenvalue weighted by atomic mass is 10.3. The van der Waals surface area contributed by atoms with Gasteiger partial charge in [0.2, 0.25) is 0 Å². The number of para-hydroxylation sites is 1. The summed E-state index contributed by atoms with van der Waals surface area (Å²) in [6.45, 7) is 0.518. The molecule has 0 fully saturated rings. The molecular weight excluding hydrogens is 162 g/mol. The van der Waals surface area contributed by atoms with Crippen molar-refractivity contribution in [2.24, 2.45) is 0 Å². The smallest absolute Gasteiger partial charge is 0.0621 e. The van der Waals surface area contributed by atoms with E-state index in [0.717, 1.165) is 5.69 Å². The Balaban J connectivity index is 2.61. The van der Waals surface area contributed by atoms with E-state index >= 15 is 0 Å². The first-order valence-electron chi connectivity index (χ1n) is 3.44. The molecule has 0 atom stereocenters. The van der Waals surface area contributed by atoms with Gasteiger partial charge in [-0.2, -0.15) is 0 Å². The molecule has 60 valence electrons. The van der Waals surface area contributed by atoms with E-state index in [0.29, 0.717) is 6.54 Å². The summed E-state index contributed by atoms with van der Waals surface area (Å²) in [6.07, 6.45) is 0. The lowest BCUT2D eigenvalue weighted by Gasteiger charge is -2.13. The van der Waals surface area contributed by atoms with Crippen molar-refractivity contribution in [3.63, 3.8) is 0 Å². The maximum Gasteiger partial charge on any atom is 0.0621 e. The van der Waals surface area contributed by atoms with Crippen LogP contribution in [0.25, 0.3) is 0 Å². The molecule has 1 rings (SSSR count). The van der Waals surface area contributed by atoms with Gasteiger partial charge in [0.05, 0.1) is 18.8 Å². The van der Waals surface area contributed by atoms with Crippen LogP contribution in [0.15, 0.2) is 30.3 Å². The van der Waals surface area contributed by atoms with Crippen molar-refractivity contribution in [3.05, 3.63) is 30.3 Å². The second-order valence-electron chi connectivity index (χ2n) is 2.14. The number of aliphatic hydroxyl groups is 1. The summed E-state index contributed by atoms with van der Waals surface area (Å²) < 4.78 is 1.49. The second-order valence-corrected chi connectivity index (χ2v) is 2.55. The molecule has 3 heteroatoms. The SMILES string of the molecule is OCCN(Cl)c1ccccc1. The molecule has 0 heterocycles. The van der Waals surface area contributed by atoms with Crippen molar-refractivity contribution in [2.45, 2.75) is 0 Å². The van der Waals surface area contributed by atoms with Gasteiger partial charge in [-0.1, -0.05) is 18.2 Å². The molecule has 0 aromatic heterocycles. The van der Waals surface area contributed by atoms with E-state index in [1.807, 2.05) is 30.3 Å². The van der Waals surface area contributed by atoms with Crippen LogP contribution in [-0.4, -0.2) is 18.3 Å². The van der Waals surface area contributed by atoms with Crippen LogP contribution in [0.2, 0.25) is 0 Å². The van der Waals surface area contributed by atoms with Crippen LogP contribution in [0.4, 0.5) is 5.69 Å². The molecule has 2 nitrogen and oxygen atoms in total. The first kappa shape index (κ1) is 8.37. The van der Waals surface area contributed by atoms with Crippen molar-refractivity contribution in [1.29, 1.82) is 0 Å². The van der Waals surface area contributed by atoms with E-state index in [1.54, 1.807) is 0 Å². The summed E-state index contributed by atoms with van der Waals surface area (Å²) in [5.41, 5.74) is 0.906. The minimum Gasteiger partial charge on any atom is -0.394 e. The van der Waals surface area contributed by atoms with E-state index in [9.17, 15) is 0 Å². The van der Waals surface area contributed by atoms with Crippen LogP contribution in [0.5, 0.6) is 0 Å². The van der Waals surface area contributed by atoms with E-state index in [2.05, 4.69) is 0 Å². The van der Waals surface area contributed by atoms with E-state index in [-0.39, 0.29) is 6.61 Å². The Hall–Kier alpha value is -0.730. The fraction of sp³-hybridized carbons (Fsp3) is 0.250. The third-order valence-electron chi connectivity index (χ3n) is 1.33. The fourth-order valence-electron chi connectivity index (χ4n) is 0.807. The molecular formula is C8H10ClNO. The van der Waals surface area contributed by atoms with Crippen molar-refractivity contribution in [2.75, 3.05) is 17.6 Å². The van der Waals surface area contributed by atoms with E-state index < -0.39 is 0 Å². The number of hydrogen-bond donors (Lipinski definition) is 1. The number of anilines is 1. The molecule has 0 aliphatic carbocycles. The van der Waals surface area contributed by atoms with Gasteiger partial charge in [0.25, 0.3) is 0 Å². The molecule has 1 aromatic carbocycles. The van der Waals surface area contributed by atoms with Crippen LogP contribution in [0, 0.1) is 0 Å². The maximum atomic E-state index is 8.57. The van der Waals surface area contributed by atoms with Gasteiger partial charge < -0.3 is 5.11 Å². The third kappa shape index (κ3) is 2.41. The normalized spacial score (nSPS) is 9.64. The van der Waals surface area contributed by atoms with Gasteiger partial charge in [0.1, 0.15) is 0 Å². The minimum absolute atomic E-state index is 0.0679. The molecule has 1 N–H and O–H groups in total. The summed E-state index contributed by atoms with van der Waals surface area (Å²) in [7, 11) is 0. The van der Waals surface area contributed by atoms with Crippen molar-refractivity contribution >= 4 is 17.5 Å². The summed E-state index contributed by atoms with van der Waals surface area (Å²) in [5, 5.41) is 8.57. The van der Waals surface area contributed by atoms with Gasteiger partial charge >= 0.3 is 0 Å². The third-order valence-corrected chi connectivity index (χ3v) is 1.70. The van der Waals surface area contributed by atoms with Crippen molar-refractivity contribution in [1.82, 2.24) is 0 Å². The predicted molar refractivity (Wildman–Crippen MR) is 46.7 cm³/mol. The molecule has 0 bridgehead atoms. The monoisotopic (exact) mass is 171 g/mol. The van der Waals surface area contributed by atoms with E-state index in [1.165, 1.54) is 4.42 Å². The molecule has 0 aliphatic heterocycles. The zero-order chi connectivity index (χ0) is 8.10. The number of nitrogens with zero attached hydrogens (tertiary/aromatic N) is 1. The van der Waals surface area contributed by atoms with Gasteiger partial charge in [-0.05, 0) is 12.1 Å². The van der Waals surface area contributed by atoms with Gasteiger partial charge in [0.15, 0.2) is 0 Å². The molecule has 0 amide bonds. The largest absolute Gasteiger partial charge is 0.394 e. The highest BCUT2D eigenvalue weighted by Crippen LogP contribution is 2.14. The Morgan fingerprint density at radius 3 is 2.45 bits per heavy atom. The fourth-order valence-corrected chi connectivity index (χ4v) is 0.995. The number of aliphatic hydroxyl groups excluding tert-OH is 1. The average molecular weight is 172 g/mol. The Bertz CT molecular complexity index is 203. The number of hydrogen-bond acceptors (Lipinski definition) is 2. The Morgan fingerprint density at radius 1 is 1.27 bits per heavy atom. The first-order chi connectivity index (χ1) is 5.34. The van der Waals surface area contributed by atoms with Gasteiger partial charge in [0, 0.05) is 11.8 Å². The van der Waals surface area contributed by atoms with Crippen molar-refractivity contribution in [3.8, 4) is 0 Å². The minimum atomic E-state index is 0.0679. The summed E-state index contributed by atoms with van der Waals surface area (Å²) in [5.74, 6) is 0. The highest BCUT2D eigenvalue weighted by atomic mass is 35.5. The zero-order valence-electron chi connectivity index (χ0n) is 6.07. The molecule has 11 heavy (non-hydrogen) atoms. The standard InChI is InChI=1S/C8H10ClNO/c9-10(6-7-11)8-4-2-1-3-5-8/h1-5,11H,6-7H2. The molecule has 0 aliphatic rings. The second kappa shape index (κ2) is 4.21. The van der Waals surface area contributed by atoms with E-state index in [4.69, 9.17) is 16.9 Å². The Labute approximate surface area is 71.1 Å². The topological polar surface area (TPSA) is 23.5 Å². The van der Waals surface area contributed by atoms with Gasteiger partial charge in [-0.3, -0.25) is 4.42 Å².